The molecule has 0 saturated heterocycles. The number of hydrogen-bond acceptors (Lipinski definition) is 4. The third kappa shape index (κ3) is 3.51. The van der Waals surface area contributed by atoms with Crippen molar-refractivity contribution in [2.75, 3.05) is 0 Å². The summed E-state index contributed by atoms with van der Waals surface area (Å²) in [7, 11) is 0.918. The van der Waals surface area contributed by atoms with Crippen molar-refractivity contribution >= 4 is 33.2 Å². The molecule has 0 aliphatic heterocycles. The van der Waals surface area contributed by atoms with Crippen LogP contribution < -0.4 is 11.2 Å². The van der Waals surface area contributed by atoms with Crippen LogP contribution in [-0.2, 0) is 18.3 Å². The maximum absolute atomic E-state index is 13.1. The van der Waals surface area contributed by atoms with Crippen LogP contribution in [0.2, 0.25) is 5.02 Å². The van der Waals surface area contributed by atoms with E-state index >= 15 is 0 Å². The van der Waals surface area contributed by atoms with E-state index in [1.54, 1.807) is 12.1 Å². The third-order valence-electron chi connectivity index (χ3n) is 4.78. The fourth-order valence-corrected chi connectivity index (χ4v) is 4.39. The molecule has 0 saturated carbocycles. The van der Waals surface area contributed by atoms with Gasteiger partial charge in [-0.3, -0.25) is 14.5 Å². The van der Waals surface area contributed by atoms with Gasteiger partial charge in [-0.2, -0.15) is 17.5 Å². The van der Waals surface area contributed by atoms with E-state index in [4.69, 9.17) is 11.6 Å². The Morgan fingerprint density at radius 3 is 2.48 bits per heavy atom. The quantitative estimate of drug-likeness (QED) is 0.420. The normalized spacial score (nSPS) is 11.9. The minimum atomic E-state index is -4.87. The van der Waals surface area contributed by atoms with Gasteiger partial charge in [0.15, 0.2) is 5.75 Å². The van der Waals surface area contributed by atoms with Crippen molar-refractivity contribution in [3.05, 3.63) is 73.5 Å². The number of aryl methyl sites for hydroxylation is 1. The summed E-state index contributed by atoms with van der Waals surface area (Å²) in [5.74, 6) is -0.267. The highest BCUT2D eigenvalue weighted by Gasteiger charge is 2.35. The first-order valence-electron chi connectivity index (χ1n) is 8.76. The highest BCUT2D eigenvalue weighted by atomic mass is 35.5. The second-order valence-electron chi connectivity index (χ2n) is 6.87. The zero-order valence-corrected chi connectivity index (χ0v) is 17.5. The molecule has 6 nitrogen and oxygen atoms in total. The van der Waals surface area contributed by atoms with Crippen molar-refractivity contribution in [2.45, 2.75) is 13.1 Å². The lowest BCUT2D eigenvalue weighted by Crippen LogP contribution is -2.40. The number of halogens is 4. The minimum Gasteiger partial charge on any atom is -0.292 e. The smallest absolute Gasteiger partial charge is 0.292 e. The lowest BCUT2D eigenvalue weighted by molar-refractivity contribution is -0.144. The molecule has 0 atom stereocenters. The first-order chi connectivity index (χ1) is 14.5. The van der Waals surface area contributed by atoms with Crippen molar-refractivity contribution in [3.63, 3.8) is 0 Å². The molecule has 0 spiro atoms. The zero-order chi connectivity index (χ0) is 22.7. The van der Waals surface area contributed by atoms with Gasteiger partial charge in [-0.05, 0) is 42.7 Å². The lowest BCUT2D eigenvalue weighted by Gasteiger charge is -2.14. The molecule has 0 bridgehead atoms. The van der Waals surface area contributed by atoms with E-state index in [-0.39, 0.29) is 16.5 Å². The monoisotopic (exact) mass is 466 g/mol. The summed E-state index contributed by atoms with van der Waals surface area (Å²) in [5, 5.41) is 12.8. The zero-order valence-electron chi connectivity index (χ0n) is 16.0. The molecule has 31 heavy (non-hydrogen) atoms. The minimum absolute atomic E-state index is 0.0201. The molecule has 0 aliphatic carbocycles. The van der Waals surface area contributed by atoms with Crippen molar-refractivity contribution in [1.29, 1.82) is 0 Å². The van der Waals surface area contributed by atoms with E-state index in [2.05, 4.69) is 4.37 Å². The van der Waals surface area contributed by atoms with Gasteiger partial charge in [0.25, 0.3) is 5.56 Å². The van der Waals surface area contributed by atoms with Gasteiger partial charge in [-0.25, -0.2) is 9.36 Å². The molecule has 11 heteroatoms. The Hall–Kier alpha value is -3.11. The Labute approximate surface area is 181 Å². The van der Waals surface area contributed by atoms with Crippen molar-refractivity contribution in [3.8, 4) is 22.7 Å². The summed E-state index contributed by atoms with van der Waals surface area (Å²) in [5.41, 5.74) is -2.36. The summed E-state index contributed by atoms with van der Waals surface area (Å²) in [4.78, 5) is 25.1. The van der Waals surface area contributed by atoms with E-state index in [0.29, 0.717) is 36.5 Å². The van der Waals surface area contributed by atoms with Crippen LogP contribution in [0.5, 0.6) is 5.75 Å². The number of aromatic nitrogens is 3. The van der Waals surface area contributed by atoms with Crippen LogP contribution in [-0.4, -0.2) is 13.5 Å². The molecule has 1 radical (unpaired) electrons. The van der Waals surface area contributed by atoms with Gasteiger partial charge in [0.05, 0.1) is 21.1 Å². The van der Waals surface area contributed by atoms with E-state index in [0.717, 1.165) is 24.1 Å². The Morgan fingerprint density at radius 2 is 1.81 bits per heavy atom. The van der Waals surface area contributed by atoms with Crippen LogP contribution in [0.25, 0.3) is 27.0 Å². The van der Waals surface area contributed by atoms with Gasteiger partial charge in [0.1, 0.15) is 5.69 Å². The fraction of sp³-hybridized carbons (Fsp3) is 0.150. The van der Waals surface area contributed by atoms with Crippen LogP contribution in [0, 0.1) is 6.92 Å². The molecule has 0 unspecified atom stereocenters. The van der Waals surface area contributed by atoms with Crippen LogP contribution in [0.4, 0.5) is 13.2 Å². The van der Waals surface area contributed by atoms with Crippen LogP contribution in [0.3, 0.4) is 0 Å². The number of fused-ring (bicyclic) bond motifs is 1. The van der Waals surface area contributed by atoms with Gasteiger partial charge < -0.3 is 0 Å². The van der Waals surface area contributed by atoms with Crippen molar-refractivity contribution in [2.24, 2.45) is 7.05 Å². The Balaban J connectivity index is 2.02. The maximum Gasteiger partial charge on any atom is 0.431 e. The van der Waals surface area contributed by atoms with Gasteiger partial charge in [0, 0.05) is 24.1 Å². The van der Waals surface area contributed by atoms with Gasteiger partial charge >= 0.3 is 11.9 Å². The average Bonchev–Trinajstić information content (AvgIpc) is 3.08. The molecule has 0 amide bonds. The molecule has 0 N–H and O–H groups in total. The van der Waals surface area contributed by atoms with Crippen LogP contribution in [0.15, 0.2) is 46.0 Å². The molecule has 2 heterocycles. The summed E-state index contributed by atoms with van der Waals surface area (Å²) < 4.78 is 45.2. The highest BCUT2D eigenvalue weighted by Crippen LogP contribution is 2.39. The van der Waals surface area contributed by atoms with Gasteiger partial charge in [-0.15, -0.1) is 0 Å². The second kappa shape index (κ2) is 7.24. The first kappa shape index (κ1) is 21.1. The van der Waals surface area contributed by atoms with E-state index in [1.165, 1.54) is 18.2 Å². The van der Waals surface area contributed by atoms with E-state index in [9.17, 15) is 27.9 Å². The lowest BCUT2D eigenvalue weighted by atomic mass is 10.0. The van der Waals surface area contributed by atoms with Gasteiger partial charge in [-0.1, -0.05) is 23.2 Å². The number of nitrogens with zero attached hydrogens (tertiary/aromatic N) is 3. The SMILES string of the molecule is Cc1ccc([O])c(-c2nsc3cc(Cl)c(-n4c(=O)cc(C(F)(F)F)n(C)c4=O)cc23)c1. The van der Waals surface area contributed by atoms with E-state index < -0.39 is 23.1 Å². The molecule has 159 valence electrons. The molecule has 4 aromatic rings. The number of alkyl halides is 3. The second-order valence-corrected chi connectivity index (χ2v) is 8.09. The fourth-order valence-electron chi connectivity index (χ4n) is 3.26. The molecule has 0 fully saturated rings. The largest absolute Gasteiger partial charge is 0.431 e. The van der Waals surface area contributed by atoms with Crippen LogP contribution in [0.1, 0.15) is 11.3 Å². The molecular weight excluding hydrogens is 455 g/mol. The van der Waals surface area contributed by atoms with E-state index in [1.807, 2.05) is 6.92 Å². The third-order valence-corrected chi connectivity index (χ3v) is 5.89. The summed E-state index contributed by atoms with van der Waals surface area (Å²) in [6.07, 6.45) is -4.87. The molecule has 2 aromatic carbocycles. The van der Waals surface area contributed by atoms with Crippen LogP contribution >= 0.6 is 23.1 Å². The molecule has 4 rings (SSSR count). The van der Waals surface area contributed by atoms with Crippen molar-refractivity contribution in [1.82, 2.24) is 13.5 Å². The van der Waals surface area contributed by atoms with Crippen molar-refractivity contribution < 1.29 is 18.3 Å². The summed E-state index contributed by atoms with van der Waals surface area (Å²) in [6.45, 7) is 1.81. The Kier molecular flexibility index (Phi) is 4.94. The van der Waals surface area contributed by atoms with Gasteiger partial charge in [0.2, 0.25) is 0 Å². The standard InChI is InChI=1S/C20H12ClF3N3O3S/c1-9-3-4-14(28)10(5-9)18-11-6-13(12(21)7-15(11)31-25-18)27-17(29)8-16(20(22,23)24)26(2)19(27)30/h3-8H,1-2H3. The Morgan fingerprint density at radius 1 is 1.10 bits per heavy atom. The topological polar surface area (TPSA) is 76.8 Å². The first-order valence-corrected chi connectivity index (χ1v) is 9.92. The number of benzene rings is 2. The summed E-state index contributed by atoms with van der Waals surface area (Å²) in [6, 6.07) is 7.90. The summed E-state index contributed by atoms with van der Waals surface area (Å²) >= 11 is 7.33. The highest BCUT2D eigenvalue weighted by molar-refractivity contribution is 7.13. The predicted molar refractivity (Wildman–Crippen MR) is 111 cm³/mol. The Bertz CT molecular complexity index is 1470. The number of hydrogen-bond donors (Lipinski definition) is 0. The molecular formula is C20H12ClF3N3O3S. The average molecular weight is 467 g/mol. The molecule has 0 aliphatic rings. The maximum atomic E-state index is 13.1. The molecule has 2 aromatic heterocycles. The number of rotatable bonds is 2. The predicted octanol–water partition coefficient (Wildman–Crippen LogP) is 4.94.